The Morgan fingerprint density at radius 2 is 1.97 bits per heavy atom. The lowest BCUT2D eigenvalue weighted by atomic mass is 10.2. The Morgan fingerprint density at radius 1 is 1.17 bits per heavy atom. The average molecular weight is 398 g/mol. The van der Waals surface area contributed by atoms with E-state index in [0.717, 1.165) is 39.1 Å². The number of aromatic nitrogens is 2. The van der Waals surface area contributed by atoms with E-state index in [4.69, 9.17) is 4.74 Å². The lowest BCUT2D eigenvalue weighted by molar-refractivity contribution is -0.383. The number of nitrogens with zero attached hydrogens (tertiary/aromatic N) is 5. The van der Waals surface area contributed by atoms with Gasteiger partial charge in [0.15, 0.2) is 0 Å². The van der Waals surface area contributed by atoms with Crippen LogP contribution in [0.25, 0.3) is 0 Å². The van der Waals surface area contributed by atoms with Crippen LogP contribution in [-0.4, -0.2) is 65.2 Å². The van der Waals surface area contributed by atoms with Gasteiger partial charge in [-0.15, -0.1) is 0 Å². The molecule has 0 bridgehead atoms. The Bertz CT molecular complexity index is 820. The highest BCUT2D eigenvalue weighted by molar-refractivity contribution is 5.70. The minimum absolute atomic E-state index is 0.0537. The van der Waals surface area contributed by atoms with E-state index >= 15 is 0 Å². The maximum atomic E-state index is 11.8. The minimum Gasteiger partial charge on any atom is -0.376 e. The second-order valence-electron chi connectivity index (χ2n) is 7.42. The highest BCUT2D eigenvalue weighted by Crippen LogP contribution is 2.32. The Morgan fingerprint density at radius 3 is 2.66 bits per heavy atom. The first-order valence-electron chi connectivity index (χ1n) is 10.1. The van der Waals surface area contributed by atoms with Gasteiger partial charge in [-0.3, -0.25) is 15.0 Å². The van der Waals surface area contributed by atoms with Crippen LogP contribution >= 0.6 is 0 Å². The summed E-state index contributed by atoms with van der Waals surface area (Å²) >= 11 is 0. The number of benzene rings is 1. The van der Waals surface area contributed by atoms with Crippen molar-refractivity contribution in [1.82, 2.24) is 14.9 Å². The average Bonchev–Trinajstić information content (AvgIpc) is 3.27. The van der Waals surface area contributed by atoms with Crippen LogP contribution in [0.15, 0.2) is 36.7 Å². The van der Waals surface area contributed by atoms with Gasteiger partial charge in [0.1, 0.15) is 6.33 Å². The molecule has 29 heavy (non-hydrogen) atoms. The number of nitrogens with one attached hydrogen (secondary N) is 1. The molecule has 2 fully saturated rings. The molecule has 0 aliphatic carbocycles. The minimum atomic E-state index is -0.385. The number of piperazine rings is 1. The van der Waals surface area contributed by atoms with Crippen molar-refractivity contribution in [3.8, 4) is 0 Å². The molecule has 1 aromatic carbocycles. The van der Waals surface area contributed by atoms with Crippen LogP contribution in [0.4, 0.5) is 17.3 Å². The molecule has 1 unspecified atom stereocenters. The summed E-state index contributed by atoms with van der Waals surface area (Å²) in [7, 11) is 0. The van der Waals surface area contributed by atoms with Gasteiger partial charge in [0.2, 0.25) is 11.6 Å². The fourth-order valence-corrected chi connectivity index (χ4v) is 3.87. The van der Waals surface area contributed by atoms with Gasteiger partial charge in [0.05, 0.1) is 11.0 Å². The Balaban J connectivity index is 1.42. The summed E-state index contributed by atoms with van der Waals surface area (Å²) in [5.74, 6) is 0.654. The number of hydrogen-bond acceptors (Lipinski definition) is 8. The quantitative estimate of drug-likeness (QED) is 0.561. The molecule has 9 nitrogen and oxygen atoms in total. The van der Waals surface area contributed by atoms with E-state index in [1.54, 1.807) is 0 Å². The van der Waals surface area contributed by atoms with Crippen molar-refractivity contribution in [1.29, 1.82) is 0 Å². The third kappa shape index (κ3) is 4.80. The van der Waals surface area contributed by atoms with Gasteiger partial charge in [0.25, 0.3) is 0 Å². The van der Waals surface area contributed by atoms with Gasteiger partial charge in [-0.05, 0) is 18.4 Å². The van der Waals surface area contributed by atoms with Crippen molar-refractivity contribution in [2.24, 2.45) is 0 Å². The van der Waals surface area contributed by atoms with Crippen LogP contribution in [-0.2, 0) is 11.3 Å². The summed E-state index contributed by atoms with van der Waals surface area (Å²) in [6, 6.07) is 10.3. The second kappa shape index (κ2) is 9.15. The summed E-state index contributed by atoms with van der Waals surface area (Å²) in [5, 5.41) is 14.9. The molecule has 0 spiro atoms. The molecular weight excluding hydrogens is 372 g/mol. The van der Waals surface area contributed by atoms with Crippen molar-refractivity contribution in [3.05, 3.63) is 52.3 Å². The Kier molecular flexibility index (Phi) is 6.16. The van der Waals surface area contributed by atoms with Gasteiger partial charge in [-0.1, -0.05) is 30.3 Å². The largest absolute Gasteiger partial charge is 0.376 e. The molecule has 2 aromatic rings. The van der Waals surface area contributed by atoms with Gasteiger partial charge in [0, 0.05) is 45.9 Å². The van der Waals surface area contributed by atoms with E-state index in [1.165, 1.54) is 11.9 Å². The smallest absolute Gasteiger partial charge is 0.353 e. The van der Waals surface area contributed by atoms with E-state index in [-0.39, 0.29) is 22.5 Å². The zero-order chi connectivity index (χ0) is 20.1. The predicted octanol–water partition coefficient (Wildman–Crippen LogP) is 2.30. The normalized spacial score (nSPS) is 20.0. The summed E-state index contributed by atoms with van der Waals surface area (Å²) in [6.45, 7) is 5.18. The van der Waals surface area contributed by atoms with Gasteiger partial charge < -0.3 is 15.0 Å². The molecule has 3 heterocycles. The summed E-state index contributed by atoms with van der Waals surface area (Å²) in [4.78, 5) is 24.1. The van der Waals surface area contributed by atoms with Gasteiger partial charge in [-0.25, -0.2) is 9.97 Å². The van der Waals surface area contributed by atoms with Crippen LogP contribution in [0.5, 0.6) is 0 Å². The van der Waals surface area contributed by atoms with Crippen molar-refractivity contribution in [2.75, 3.05) is 49.5 Å². The summed E-state index contributed by atoms with van der Waals surface area (Å²) < 4.78 is 5.59. The third-order valence-electron chi connectivity index (χ3n) is 5.43. The van der Waals surface area contributed by atoms with Crippen molar-refractivity contribution in [2.45, 2.75) is 25.5 Å². The second-order valence-corrected chi connectivity index (χ2v) is 7.42. The molecule has 0 saturated carbocycles. The fourth-order valence-electron chi connectivity index (χ4n) is 3.87. The number of ether oxygens (including phenoxy) is 1. The first-order chi connectivity index (χ1) is 14.2. The highest BCUT2D eigenvalue weighted by atomic mass is 16.6. The zero-order valence-electron chi connectivity index (χ0n) is 16.4. The summed E-state index contributed by atoms with van der Waals surface area (Å²) in [6.07, 6.45) is 3.46. The molecule has 1 aromatic heterocycles. The molecular formula is C20H26N6O3. The maximum Gasteiger partial charge on any atom is 0.353 e. The Labute approximate surface area is 169 Å². The molecule has 2 aliphatic rings. The van der Waals surface area contributed by atoms with E-state index in [0.29, 0.717) is 25.5 Å². The molecule has 2 aliphatic heterocycles. The maximum absolute atomic E-state index is 11.8. The molecule has 1 atom stereocenters. The van der Waals surface area contributed by atoms with Gasteiger partial charge in [-0.2, -0.15) is 0 Å². The number of rotatable bonds is 7. The van der Waals surface area contributed by atoms with E-state index < -0.39 is 0 Å². The number of nitro groups is 1. The van der Waals surface area contributed by atoms with Crippen molar-refractivity contribution < 1.29 is 9.66 Å². The third-order valence-corrected chi connectivity index (χ3v) is 5.43. The van der Waals surface area contributed by atoms with Crippen LogP contribution in [0, 0.1) is 10.1 Å². The van der Waals surface area contributed by atoms with Crippen LogP contribution < -0.4 is 10.2 Å². The van der Waals surface area contributed by atoms with Crippen molar-refractivity contribution >= 4 is 17.3 Å². The molecule has 4 rings (SSSR count). The SMILES string of the molecule is O=[N+]([O-])c1c(NCC2CCCO2)ncnc1N1CCN(Cc2ccccc2)CC1. The molecule has 0 radical (unpaired) electrons. The van der Waals surface area contributed by atoms with Gasteiger partial charge >= 0.3 is 5.69 Å². The first-order valence-corrected chi connectivity index (χ1v) is 10.1. The lowest BCUT2D eigenvalue weighted by Gasteiger charge is -2.35. The molecule has 2 saturated heterocycles. The van der Waals surface area contributed by atoms with Crippen LogP contribution in [0.2, 0.25) is 0 Å². The topological polar surface area (TPSA) is 96.7 Å². The molecule has 0 amide bonds. The van der Waals surface area contributed by atoms with E-state index in [1.807, 2.05) is 23.1 Å². The first kappa shape index (κ1) is 19.5. The van der Waals surface area contributed by atoms with Crippen molar-refractivity contribution in [3.63, 3.8) is 0 Å². The molecule has 154 valence electrons. The molecule has 9 heteroatoms. The standard InChI is InChI=1S/C20H26N6O3/c27-26(28)18-19(21-13-17-7-4-12-29-17)22-15-23-20(18)25-10-8-24(9-11-25)14-16-5-2-1-3-6-16/h1-3,5-6,15,17H,4,7-14H2,(H,21,22,23). The highest BCUT2D eigenvalue weighted by Gasteiger charge is 2.29. The predicted molar refractivity (Wildman–Crippen MR) is 110 cm³/mol. The zero-order valence-corrected chi connectivity index (χ0v) is 16.4. The number of anilines is 2. The number of hydrogen-bond donors (Lipinski definition) is 1. The van der Waals surface area contributed by atoms with Crippen LogP contribution in [0.3, 0.4) is 0 Å². The van der Waals surface area contributed by atoms with E-state index in [9.17, 15) is 10.1 Å². The molecule has 1 N–H and O–H groups in total. The lowest BCUT2D eigenvalue weighted by Crippen LogP contribution is -2.46. The van der Waals surface area contributed by atoms with Crippen LogP contribution in [0.1, 0.15) is 18.4 Å². The Hall–Kier alpha value is -2.78. The fraction of sp³-hybridized carbons (Fsp3) is 0.500. The summed E-state index contributed by atoms with van der Waals surface area (Å²) in [5.41, 5.74) is 1.22. The monoisotopic (exact) mass is 398 g/mol. The van der Waals surface area contributed by atoms with E-state index in [2.05, 4.69) is 32.3 Å².